The van der Waals surface area contributed by atoms with Gasteiger partial charge in [-0.2, -0.15) is 0 Å². The molecule has 0 saturated carbocycles. The van der Waals surface area contributed by atoms with Crippen molar-refractivity contribution in [2.75, 3.05) is 20.7 Å². The fraction of sp³-hybridized carbons (Fsp3) is 0.750. The Morgan fingerprint density at radius 3 is 2.69 bits per heavy atom. The topological polar surface area (TPSA) is 78.1 Å². The van der Waals surface area contributed by atoms with Crippen molar-refractivity contribution in [2.45, 2.75) is 12.8 Å². The van der Waals surface area contributed by atoms with Crippen LogP contribution in [0.2, 0.25) is 0 Å². The minimum Gasteiger partial charge on any atom is -0.469 e. The summed E-state index contributed by atoms with van der Waals surface area (Å²) in [5.41, 5.74) is 0. The Morgan fingerprint density at radius 2 is 2.31 bits per heavy atom. The number of amides is 1. The second-order valence-corrected chi connectivity index (χ2v) is 3.03. The quantitative estimate of drug-likeness (QED) is 0.534. The first kappa shape index (κ1) is 11.9. The molecule has 1 heterocycles. The highest BCUT2D eigenvalue weighted by Crippen LogP contribution is 2.19. The average molecular weight is 189 g/mol. The molecule has 2 N–H and O–H groups in total. The highest BCUT2D eigenvalue weighted by molar-refractivity contribution is 5.85. The molecule has 76 valence electrons. The maximum atomic E-state index is 11.3. The van der Waals surface area contributed by atoms with Crippen LogP contribution in [-0.2, 0) is 14.3 Å². The molecule has 1 atom stereocenters. The fourth-order valence-electron chi connectivity index (χ4n) is 1.37. The van der Waals surface area contributed by atoms with Crippen molar-refractivity contribution in [1.29, 1.82) is 0 Å². The number of esters is 1. The van der Waals surface area contributed by atoms with Crippen LogP contribution in [0.3, 0.4) is 0 Å². The monoisotopic (exact) mass is 189 g/mol. The van der Waals surface area contributed by atoms with Gasteiger partial charge in [0, 0.05) is 13.6 Å². The largest absolute Gasteiger partial charge is 0.469 e. The minimum atomic E-state index is -0.302. The van der Waals surface area contributed by atoms with Crippen molar-refractivity contribution in [1.82, 2.24) is 4.90 Å². The zero-order valence-electron chi connectivity index (χ0n) is 7.87. The summed E-state index contributed by atoms with van der Waals surface area (Å²) >= 11 is 0. The Balaban J connectivity index is 0.00000144. The van der Waals surface area contributed by atoms with Gasteiger partial charge in [0.1, 0.15) is 0 Å². The van der Waals surface area contributed by atoms with Crippen molar-refractivity contribution in [2.24, 2.45) is 5.92 Å². The van der Waals surface area contributed by atoms with E-state index in [1.165, 1.54) is 7.11 Å². The summed E-state index contributed by atoms with van der Waals surface area (Å²) in [5.74, 6) is -0.397. The number of likely N-dealkylation sites (tertiary alicyclic amines) is 1. The summed E-state index contributed by atoms with van der Waals surface area (Å²) in [7, 11) is 3.09. The molecular weight excluding hydrogens is 174 g/mol. The number of hydrogen-bond acceptors (Lipinski definition) is 3. The van der Waals surface area contributed by atoms with E-state index in [-0.39, 0.29) is 29.7 Å². The summed E-state index contributed by atoms with van der Waals surface area (Å²) < 4.78 is 4.49. The van der Waals surface area contributed by atoms with Gasteiger partial charge in [0.25, 0.3) is 0 Å². The lowest BCUT2D eigenvalue weighted by molar-refractivity contribution is -0.144. The summed E-state index contributed by atoms with van der Waals surface area (Å²) in [6.45, 7) is 0.750. The Kier molecular flexibility index (Phi) is 4.40. The third kappa shape index (κ3) is 2.69. The molecule has 0 aromatic heterocycles. The fourth-order valence-corrected chi connectivity index (χ4v) is 1.37. The van der Waals surface area contributed by atoms with E-state index in [4.69, 9.17) is 0 Å². The summed E-state index contributed by atoms with van der Waals surface area (Å²) in [6.07, 6.45) is 0.990. The molecule has 1 amide bonds. The molecule has 0 spiro atoms. The second-order valence-electron chi connectivity index (χ2n) is 3.03. The van der Waals surface area contributed by atoms with Gasteiger partial charge < -0.3 is 15.1 Å². The van der Waals surface area contributed by atoms with Crippen LogP contribution < -0.4 is 0 Å². The van der Waals surface area contributed by atoms with Crippen LogP contribution in [0.4, 0.5) is 0 Å². The van der Waals surface area contributed by atoms with Gasteiger partial charge in [-0.3, -0.25) is 9.59 Å². The van der Waals surface area contributed by atoms with Crippen LogP contribution in [0.5, 0.6) is 0 Å². The van der Waals surface area contributed by atoms with Gasteiger partial charge in [0.05, 0.1) is 19.4 Å². The molecule has 1 aliphatic rings. The first-order chi connectivity index (χ1) is 5.65. The SMILES string of the molecule is COC(=O)CC1CCN(C)C1=O.O. The molecule has 0 bridgehead atoms. The highest BCUT2D eigenvalue weighted by Gasteiger charge is 2.30. The van der Waals surface area contributed by atoms with E-state index >= 15 is 0 Å². The van der Waals surface area contributed by atoms with E-state index < -0.39 is 0 Å². The first-order valence-corrected chi connectivity index (χ1v) is 3.97. The van der Waals surface area contributed by atoms with Crippen LogP contribution in [0, 0.1) is 5.92 Å². The number of ether oxygens (including phenoxy) is 1. The molecule has 1 unspecified atom stereocenters. The first-order valence-electron chi connectivity index (χ1n) is 3.97. The predicted molar refractivity (Wildman–Crippen MR) is 46.0 cm³/mol. The molecule has 13 heavy (non-hydrogen) atoms. The Labute approximate surface area is 77.0 Å². The molecule has 0 aliphatic carbocycles. The van der Waals surface area contributed by atoms with Crippen molar-refractivity contribution < 1.29 is 19.8 Å². The van der Waals surface area contributed by atoms with E-state index in [0.717, 1.165) is 13.0 Å². The smallest absolute Gasteiger partial charge is 0.306 e. The summed E-state index contributed by atoms with van der Waals surface area (Å²) in [6, 6.07) is 0. The van der Waals surface area contributed by atoms with Gasteiger partial charge in [0.2, 0.25) is 5.91 Å². The Hall–Kier alpha value is -1.10. The van der Waals surface area contributed by atoms with E-state index in [1.807, 2.05) is 0 Å². The van der Waals surface area contributed by atoms with Gasteiger partial charge in [0.15, 0.2) is 0 Å². The average Bonchev–Trinajstić information content (AvgIpc) is 2.36. The maximum absolute atomic E-state index is 11.3. The lowest BCUT2D eigenvalue weighted by Crippen LogP contribution is -2.24. The molecule has 1 saturated heterocycles. The number of nitrogens with zero attached hydrogens (tertiary/aromatic N) is 1. The van der Waals surface area contributed by atoms with Crippen molar-refractivity contribution >= 4 is 11.9 Å². The number of rotatable bonds is 2. The van der Waals surface area contributed by atoms with Gasteiger partial charge in [-0.25, -0.2) is 0 Å². The van der Waals surface area contributed by atoms with E-state index in [2.05, 4.69) is 4.74 Å². The predicted octanol–water partition coefficient (Wildman–Crippen LogP) is -0.797. The second kappa shape index (κ2) is 4.81. The van der Waals surface area contributed by atoms with Crippen LogP contribution in [0.25, 0.3) is 0 Å². The normalized spacial score (nSPS) is 21.2. The van der Waals surface area contributed by atoms with Crippen molar-refractivity contribution in [3.05, 3.63) is 0 Å². The van der Waals surface area contributed by atoms with Gasteiger partial charge in [-0.1, -0.05) is 0 Å². The van der Waals surface area contributed by atoms with Crippen LogP contribution in [-0.4, -0.2) is 43.0 Å². The van der Waals surface area contributed by atoms with E-state index in [1.54, 1.807) is 11.9 Å². The molecule has 1 rings (SSSR count). The molecule has 0 aromatic rings. The zero-order chi connectivity index (χ0) is 9.14. The highest BCUT2D eigenvalue weighted by atomic mass is 16.5. The minimum absolute atomic E-state index is 0. The Morgan fingerprint density at radius 1 is 1.69 bits per heavy atom. The molecule has 1 aliphatic heterocycles. The van der Waals surface area contributed by atoms with Crippen molar-refractivity contribution in [3.8, 4) is 0 Å². The summed E-state index contributed by atoms with van der Waals surface area (Å²) in [5, 5.41) is 0. The zero-order valence-corrected chi connectivity index (χ0v) is 7.87. The lowest BCUT2D eigenvalue weighted by Gasteiger charge is -2.08. The van der Waals surface area contributed by atoms with Crippen LogP contribution in [0.15, 0.2) is 0 Å². The number of carbonyl (C=O) groups excluding carboxylic acids is 2. The third-order valence-electron chi connectivity index (χ3n) is 2.18. The van der Waals surface area contributed by atoms with Gasteiger partial charge >= 0.3 is 5.97 Å². The van der Waals surface area contributed by atoms with Gasteiger partial charge in [-0.05, 0) is 6.42 Å². The van der Waals surface area contributed by atoms with Crippen molar-refractivity contribution in [3.63, 3.8) is 0 Å². The molecule has 0 aromatic carbocycles. The molecular formula is C8H15NO4. The Bertz CT molecular complexity index is 204. The number of methoxy groups -OCH3 is 1. The number of carbonyl (C=O) groups is 2. The van der Waals surface area contributed by atoms with E-state index in [9.17, 15) is 9.59 Å². The molecule has 1 fully saturated rings. The third-order valence-corrected chi connectivity index (χ3v) is 2.18. The maximum Gasteiger partial charge on any atom is 0.306 e. The molecule has 0 radical (unpaired) electrons. The van der Waals surface area contributed by atoms with E-state index in [0.29, 0.717) is 0 Å². The van der Waals surface area contributed by atoms with Crippen LogP contribution >= 0.6 is 0 Å². The molecule has 5 nitrogen and oxygen atoms in total. The standard InChI is InChI=1S/C8H13NO3.H2O/c1-9-4-3-6(8(9)11)5-7(10)12-2;/h6H,3-5H2,1-2H3;1H2. The lowest BCUT2D eigenvalue weighted by atomic mass is 10.0. The number of hydrogen-bond donors (Lipinski definition) is 0. The molecule has 5 heteroatoms. The van der Waals surface area contributed by atoms with Gasteiger partial charge in [-0.15, -0.1) is 0 Å². The van der Waals surface area contributed by atoms with Crippen LogP contribution in [0.1, 0.15) is 12.8 Å². The summed E-state index contributed by atoms with van der Waals surface area (Å²) in [4.78, 5) is 23.7.